The molecule has 22 heavy (non-hydrogen) atoms. The lowest BCUT2D eigenvalue weighted by molar-refractivity contribution is 0.192. The van der Waals surface area contributed by atoms with Gasteiger partial charge in [-0.1, -0.05) is 54.1 Å². The molecule has 114 valence electrons. The van der Waals surface area contributed by atoms with Crippen LogP contribution in [0.4, 0.5) is 4.79 Å². The molecule has 0 aliphatic carbocycles. The first-order chi connectivity index (χ1) is 10.7. The minimum absolute atomic E-state index is 0.00121. The summed E-state index contributed by atoms with van der Waals surface area (Å²) in [5.41, 5.74) is 2.26. The third kappa shape index (κ3) is 3.42. The van der Waals surface area contributed by atoms with E-state index < -0.39 is 0 Å². The van der Waals surface area contributed by atoms with Crippen LogP contribution < -0.4 is 5.32 Å². The summed E-state index contributed by atoms with van der Waals surface area (Å²) >= 11 is 5.94. The average Bonchev–Trinajstić information content (AvgIpc) is 3.04. The summed E-state index contributed by atoms with van der Waals surface area (Å²) in [6.45, 7) is 1.36. The number of amides is 2. The first-order valence-electron chi connectivity index (χ1n) is 7.58. The van der Waals surface area contributed by atoms with Gasteiger partial charge < -0.3 is 10.2 Å². The van der Waals surface area contributed by atoms with Gasteiger partial charge in [-0.05, 0) is 36.1 Å². The molecule has 0 saturated carbocycles. The fraction of sp³-hybridized carbons (Fsp3) is 0.278. The summed E-state index contributed by atoms with van der Waals surface area (Å²) in [6.07, 6.45) is 2.03. The summed E-state index contributed by atoms with van der Waals surface area (Å²) < 4.78 is 0. The Kier molecular flexibility index (Phi) is 4.64. The molecular formula is C18H19ClN2O. The number of halogens is 1. The van der Waals surface area contributed by atoms with Crippen molar-refractivity contribution in [1.29, 1.82) is 0 Å². The van der Waals surface area contributed by atoms with Gasteiger partial charge in [-0.15, -0.1) is 0 Å². The Morgan fingerprint density at radius 2 is 1.86 bits per heavy atom. The highest BCUT2D eigenvalue weighted by Gasteiger charge is 2.29. The van der Waals surface area contributed by atoms with Crippen molar-refractivity contribution in [3.05, 3.63) is 70.7 Å². The number of nitrogens with zero attached hydrogens (tertiary/aromatic N) is 1. The van der Waals surface area contributed by atoms with Gasteiger partial charge >= 0.3 is 6.03 Å². The maximum Gasteiger partial charge on any atom is 0.318 e. The third-order valence-electron chi connectivity index (χ3n) is 4.06. The fourth-order valence-electron chi connectivity index (χ4n) is 2.92. The lowest BCUT2D eigenvalue weighted by Crippen LogP contribution is -2.39. The van der Waals surface area contributed by atoms with Crippen LogP contribution in [0, 0.1) is 0 Å². The molecule has 0 aromatic heterocycles. The van der Waals surface area contributed by atoms with Crippen LogP contribution in [-0.2, 0) is 6.54 Å². The van der Waals surface area contributed by atoms with Gasteiger partial charge in [0.25, 0.3) is 0 Å². The molecule has 2 aromatic rings. The second kappa shape index (κ2) is 6.84. The van der Waals surface area contributed by atoms with Gasteiger partial charge in [-0.2, -0.15) is 0 Å². The Bertz CT molecular complexity index is 627. The predicted octanol–water partition coefficient (Wildman–Crippen LogP) is 4.39. The van der Waals surface area contributed by atoms with Crippen LogP contribution in [0.15, 0.2) is 54.6 Å². The fourth-order valence-corrected chi connectivity index (χ4v) is 3.04. The molecular weight excluding hydrogens is 296 g/mol. The van der Waals surface area contributed by atoms with Gasteiger partial charge in [-0.25, -0.2) is 4.79 Å². The summed E-state index contributed by atoms with van der Waals surface area (Å²) in [6, 6.07) is 17.9. The van der Waals surface area contributed by atoms with Crippen LogP contribution in [0.2, 0.25) is 5.02 Å². The molecule has 1 saturated heterocycles. The number of hydrogen-bond donors (Lipinski definition) is 1. The Morgan fingerprint density at radius 3 is 2.59 bits per heavy atom. The molecule has 2 amide bonds. The normalized spacial score (nSPS) is 17.5. The van der Waals surface area contributed by atoms with Crippen molar-refractivity contribution >= 4 is 17.6 Å². The number of rotatable bonds is 3. The van der Waals surface area contributed by atoms with Crippen LogP contribution >= 0.6 is 11.6 Å². The minimum atomic E-state index is 0.00121. The Morgan fingerprint density at radius 1 is 1.14 bits per heavy atom. The molecule has 0 unspecified atom stereocenters. The Labute approximate surface area is 135 Å². The van der Waals surface area contributed by atoms with Crippen molar-refractivity contribution in [3.63, 3.8) is 0 Å². The highest BCUT2D eigenvalue weighted by atomic mass is 35.5. The van der Waals surface area contributed by atoms with Crippen molar-refractivity contribution < 1.29 is 4.79 Å². The Hall–Kier alpha value is -2.00. The van der Waals surface area contributed by atoms with E-state index in [4.69, 9.17) is 11.6 Å². The molecule has 0 spiro atoms. The van der Waals surface area contributed by atoms with Crippen LogP contribution in [-0.4, -0.2) is 17.5 Å². The van der Waals surface area contributed by atoms with Crippen molar-refractivity contribution in [2.75, 3.05) is 6.54 Å². The summed E-state index contributed by atoms with van der Waals surface area (Å²) in [5, 5.41) is 3.74. The maximum atomic E-state index is 12.5. The molecule has 3 rings (SSSR count). The number of likely N-dealkylation sites (tertiary alicyclic amines) is 1. The number of hydrogen-bond acceptors (Lipinski definition) is 1. The van der Waals surface area contributed by atoms with Crippen LogP contribution in [0.5, 0.6) is 0 Å². The van der Waals surface area contributed by atoms with Crippen LogP contribution in [0.3, 0.4) is 0 Å². The quantitative estimate of drug-likeness (QED) is 0.895. The summed E-state index contributed by atoms with van der Waals surface area (Å²) in [5.74, 6) is 0. The average molecular weight is 315 g/mol. The van der Waals surface area contributed by atoms with E-state index in [2.05, 4.69) is 5.32 Å². The molecule has 0 radical (unpaired) electrons. The van der Waals surface area contributed by atoms with E-state index in [0.29, 0.717) is 6.54 Å². The maximum absolute atomic E-state index is 12.5. The lowest BCUT2D eigenvalue weighted by Gasteiger charge is -2.25. The highest BCUT2D eigenvalue weighted by Crippen LogP contribution is 2.32. The van der Waals surface area contributed by atoms with Crippen molar-refractivity contribution in [1.82, 2.24) is 10.2 Å². The second-order valence-corrected chi connectivity index (χ2v) is 5.98. The lowest BCUT2D eigenvalue weighted by atomic mass is 10.1. The second-order valence-electron chi connectivity index (χ2n) is 5.55. The zero-order valence-electron chi connectivity index (χ0n) is 12.3. The third-order valence-corrected chi connectivity index (χ3v) is 4.31. The number of nitrogens with one attached hydrogen (secondary N) is 1. The standard InChI is InChI=1S/C18H19ClN2O/c19-16-10-8-15(9-11-16)17-7-4-12-21(17)18(22)20-13-14-5-2-1-3-6-14/h1-3,5-6,8-11,17H,4,7,12-13H2,(H,20,22)/t17-/m1/s1. The van der Waals surface area contributed by atoms with E-state index >= 15 is 0 Å². The van der Waals surface area contributed by atoms with Gasteiger partial charge in [0, 0.05) is 18.1 Å². The minimum Gasteiger partial charge on any atom is -0.334 e. The van der Waals surface area contributed by atoms with Crippen molar-refractivity contribution in [3.8, 4) is 0 Å². The van der Waals surface area contributed by atoms with Crippen LogP contribution in [0.25, 0.3) is 0 Å². The van der Waals surface area contributed by atoms with Crippen molar-refractivity contribution in [2.45, 2.75) is 25.4 Å². The van der Waals surface area contributed by atoms with E-state index in [9.17, 15) is 4.79 Å². The van der Waals surface area contributed by atoms with E-state index in [1.807, 2.05) is 59.5 Å². The highest BCUT2D eigenvalue weighted by molar-refractivity contribution is 6.30. The zero-order chi connectivity index (χ0) is 15.4. The summed E-state index contributed by atoms with van der Waals surface area (Å²) in [4.78, 5) is 14.4. The smallest absolute Gasteiger partial charge is 0.318 e. The zero-order valence-corrected chi connectivity index (χ0v) is 13.1. The van der Waals surface area contributed by atoms with E-state index in [1.165, 1.54) is 0 Å². The molecule has 1 aliphatic heterocycles. The number of urea groups is 1. The van der Waals surface area contributed by atoms with E-state index in [1.54, 1.807) is 0 Å². The first-order valence-corrected chi connectivity index (χ1v) is 7.96. The molecule has 2 aromatic carbocycles. The SMILES string of the molecule is O=C(NCc1ccccc1)N1CCC[C@@H]1c1ccc(Cl)cc1. The molecule has 1 N–H and O–H groups in total. The Balaban J connectivity index is 1.65. The van der Waals surface area contributed by atoms with Gasteiger partial charge in [0.2, 0.25) is 0 Å². The molecule has 0 bridgehead atoms. The monoisotopic (exact) mass is 314 g/mol. The van der Waals surface area contributed by atoms with Gasteiger partial charge in [0.15, 0.2) is 0 Å². The molecule has 3 nitrogen and oxygen atoms in total. The summed E-state index contributed by atoms with van der Waals surface area (Å²) in [7, 11) is 0. The topological polar surface area (TPSA) is 32.3 Å². The largest absolute Gasteiger partial charge is 0.334 e. The van der Waals surface area contributed by atoms with E-state index in [0.717, 1.165) is 35.5 Å². The number of benzene rings is 2. The number of carbonyl (C=O) groups is 1. The number of carbonyl (C=O) groups excluding carboxylic acids is 1. The molecule has 4 heteroatoms. The molecule has 1 aliphatic rings. The van der Waals surface area contributed by atoms with Gasteiger partial charge in [0.1, 0.15) is 0 Å². The molecule has 1 heterocycles. The first kappa shape index (κ1) is 14.9. The molecule has 1 fully saturated rings. The molecule has 1 atom stereocenters. The van der Waals surface area contributed by atoms with Crippen molar-refractivity contribution in [2.24, 2.45) is 0 Å². The van der Waals surface area contributed by atoms with Gasteiger partial charge in [0.05, 0.1) is 6.04 Å². The van der Waals surface area contributed by atoms with E-state index in [-0.39, 0.29) is 12.1 Å². The van der Waals surface area contributed by atoms with Gasteiger partial charge in [-0.3, -0.25) is 0 Å². The predicted molar refractivity (Wildman–Crippen MR) is 88.8 cm³/mol. The van der Waals surface area contributed by atoms with Crippen LogP contribution in [0.1, 0.15) is 30.0 Å².